The van der Waals surface area contributed by atoms with Crippen LogP contribution < -0.4 is 10.9 Å². The quantitative estimate of drug-likeness (QED) is 0.624. The Morgan fingerprint density at radius 3 is 2.73 bits per heavy atom. The fourth-order valence-electron chi connectivity index (χ4n) is 3.38. The minimum absolute atomic E-state index is 0.0560. The van der Waals surface area contributed by atoms with Gasteiger partial charge in [-0.05, 0) is 31.0 Å². The van der Waals surface area contributed by atoms with Crippen LogP contribution in [0.15, 0.2) is 40.4 Å². The molecule has 3 aromatic rings. The number of nitrogens with zero attached hydrogens (tertiary/aromatic N) is 5. The number of anilines is 1. The Morgan fingerprint density at radius 1 is 1.27 bits per heavy atom. The van der Waals surface area contributed by atoms with Crippen LogP contribution in [0.3, 0.4) is 0 Å². The molecule has 1 aliphatic heterocycles. The normalized spacial score (nSPS) is 15.0. The average Bonchev–Trinajstić information content (AvgIpc) is 3.36. The molecule has 158 valence electrons. The van der Waals surface area contributed by atoms with Gasteiger partial charge in [-0.1, -0.05) is 11.6 Å². The molecule has 3 heterocycles. The third-order valence-corrected chi connectivity index (χ3v) is 7.31. The molecule has 1 amide bonds. The zero-order valence-corrected chi connectivity index (χ0v) is 17.6. The van der Waals surface area contributed by atoms with Gasteiger partial charge in [-0.3, -0.25) is 18.8 Å². The van der Waals surface area contributed by atoms with Gasteiger partial charge in [0, 0.05) is 25.8 Å². The van der Waals surface area contributed by atoms with Crippen LogP contribution in [0.2, 0.25) is 5.02 Å². The zero-order valence-electron chi connectivity index (χ0n) is 16.1. The van der Waals surface area contributed by atoms with E-state index in [1.54, 1.807) is 7.05 Å². The van der Waals surface area contributed by atoms with Gasteiger partial charge in [-0.15, -0.1) is 0 Å². The summed E-state index contributed by atoms with van der Waals surface area (Å²) in [4.78, 5) is 29.0. The third-order valence-electron chi connectivity index (χ3n) is 4.93. The highest BCUT2D eigenvalue weighted by molar-refractivity contribution is 7.89. The van der Waals surface area contributed by atoms with Crippen LogP contribution in [-0.4, -0.2) is 51.1 Å². The van der Waals surface area contributed by atoms with E-state index in [9.17, 15) is 18.0 Å². The second-order valence-electron chi connectivity index (χ2n) is 6.99. The summed E-state index contributed by atoms with van der Waals surface area (Å²) in [7, 11) is -2.07. The molecule has 0 atom stereocenters. The second kappa shape index (κ2) is 7.82. The molecule has 1 aliphatic rings. The van der Waals surface area contributed by atoms with Gasteiger partial charge in [-0.25, -0.2) is 13.4 Å². The molecule has 0 spiro atoms. The van der Waals surface area contributed by atoms with E-state index in [1.807, 2.05) is 0 Å². The molecule has 0 aliphatic carbocycles. The minimum atomic E-state index is -3.74. The number of rotatable bonds is 5. The number of sulfonamides is 1. The van der Waals surface area contributed by atoms with E-state index in [4.69, 9.17) is 11.6 Å². The number of amides is 1. The van der Waals surface area contributed by atoms with Crippen molar-refractivity contribution >= 4 is 44.3 Å². The van der Waals surface area contributed by atoms with Gasteiger partial charge >= 0.3 is 0 Å². The lowest BCUT2D eigenvalue weighted by Crippen LogP contribution is -2.29. The first-order chi connectivity index (χ1) is 14.3. The molecule has 0 bridgehead atoms. The van der Waals surface area contributed by atoms with Gasteiger partial charge in [0.15, 0.2) is 5.65 Å². The Kier molecular flexibility index (Phi) is 5.35. The maximum Gasteiger partial charge on any atom is 0.264 e. The summed E-state index contributed by atoms with van der Waals surface area (Å²) >= 11 is 6.12. The van der Waals surface area contributed by atoms with E-state index in [0.29, 0.717) is 24.1 Å². The molecule has 2 aromatic heterocycles. The van der Waals surface area contributed by atoms with Crippen LogP contribution in [0.5, 0.6) is 0 Å². The smallest absolute Gasteiger partial charge is 0.264 e. The summed E-state index contributed by atoms with van der Waals surface area (Å²) in [5.41, 5.74) is 0.299. The molecular formula is C18H19ClN6O4S. The summed E-state index contributed by atoms with van der Waals surface area (Å²) in [6, 6.07) is 4.27. The molecule has 1 fully saturated rings. The van der Waals surface area contributed by atoms with Crippen molar-refractivity contribution < 1.29 is 13.2 Å². The molecule has 1 N–H and O–H groups in total. The lowest BCUT2D eigenvalue weighted by atomic mass is 10.3. The van der Waals surface area contributed by atoms with Crippen molar-refractivity contribution in [2.45, 2.75) is 24.3 Å². The standard InChI is InChI=1S/C18H19ClN6O4S/c1-23-17-13(9-21-23)18(27)24(11-20-17)10-16(26)22-12-4-5-14(19)15(8-12)30(28,29)25-6-2-3-7-25/h4-5,8-9,11H,2-3,6-7,10H2,1H3,(H,22,26). The molecule has 10 nitrogen and oxygen atoms in total. The lowest BCUT2D eigenvalue weighted by molar-refractivity contribution is -0.116. The maximum atomic E-state index is 12.8. The number of aryl methyl sites for hydroxylation is 1. The van der Waals surface area contributed by atoms with Crippen LogP contribution in [-0.2, 0) is 28.4 Å². The number of benzene rings is 1. The van der Waals surface area contributed by atoms with Crippen molar-refractivity contribution in [2.24, 2.45) is 7.05 Å². The van der Waals surface area contributed by atoms with Crippen molar-refractivity contribution in [1.29, 1.82) is 0 Å². The Labute approximate surface area is 177 Å². The van der Waals surface area contributed by atoms with Gasteiger partial charge in [-0.2, -0.15) is 9.40 Å². The number of hydrogen-bond acceptors (Lipinski definition) is 6. The predicted molar refractivity (Wildman–Crippen MR) is 111 cm³/mol. The summed E-state index contributed by atoms with van der Waals surface area (Å²) in [6.45, 7) is 0.609. The number of carbonyl (C=O) groups excluding carboxylic acids is 1. The molecule has 1 aromatic carbocycles. The minimum Gasteiger partial charge on any atom is -0.324 e. The summed E-state index contributed by atoms with van der Waals surface area (Å²) in [5.74, 6) is -0.506. The first kappa shape index (κ1) is 20.5. The van der Waals surface area contributed by atoms with Crippen LogP contribution in [0, 0.1) is 0 Å². The summed E-state index contributed by atoms with van der Waals surface area (Å²) in [6.07, 6.45) is 4.28. The molecule has 0 unspecified atom stereocenters. The monoisotopic (exact) mass is 450 g/mol. The lowest BCUT2D eigenvalue weighted by Gasteiger charge is -2.17. The molecular weight excluding hydrogens is 432 g/mol. The first-order valence-electron chi connectivity index (χ1n) is 9.24. The van der Waals surface area contributed by atoms with Crippen molar-refractivity contribution in [2.75, 3.05) is 18.4 Å². The van der Waals surface area contributed by atoms with E-state index >= 15 is 0 Å². The fourth-order valence-corrected chi connectivity index (χ4v) is 5.40. The molecule has 12 heteroatoms. The van der Waals surface area contributed by atoms with Crippen molar-refractivity contribution in [3.63, 3.8) is 0 Å². The number of halogens is 1. The SMILES string of the molecule is Cn1ncc2c(=O)n(CC(=O)Nc3ccc(Cl)c(S(=O)(=O)N4CCCC4)c3)cnc21. The van der Waals surface area contributed by atoms with E-state index in [1.165, 1.54) is 39.7 Å². The van der Waals surface area contributed by atoms with E-state index in [-0.39, 0.29) is 22.2 Å². The van der Waals surface area contributed by atoms with E-state index in [2.05, 4.69) is 15.4 Å². The van der Waals surface area contributed by atoms with Gasteiger partial charge in [0.1, 0.15) is 23.2 Å². The predicted octanol–water partition coefficient (Wildman–Crippen LogP) is 1.21. The molecule has 0 saturated carbocycles. The van der Waals surface area contributed by atoms with E-state index < -0.39 is 21.5 Å². The van der Waals surface area contributed by atoms with Crippen LogP contribution in [0.4, 0.5) is 5.69 Å². The number of aromatic nitrogens is 4. The highest BCUT2D eigenvalue weighted by atomic mass is 35.5. The zero-order chi connectivity index (χ0) is 21.5. The van der Waals surface area contributed by atoms with Gasteiger partial charge in [0.25, 0.3) is 5.56 Å². The molecule has 4 rings (SSSR count). The summed E-state index contributed by atoms with van der Waals surface area (Å²) in [5, 5.41) is 6.99. The Hall–Kier alpha value is -2.76. The van der Waals surface area contributed by atoms with Crippen molar-refractivity contribution in [1.82, 2.24) is 23.6 Å². The number of carbonyl (C=O) groups is 1. The Balaban J connectivity index is 1.55. The third kappa shape index (κ3) is 3.71. The van der Waals surface area contributed by atoms with Gasteiger partial charge in [0.2, 0.25) is 15.9 Å². The topological polar surface area (TPSA) is 119 Å². The Bertz CT molecular complexity index is 1290. The van der Waals surface area contributed by atoms with Crippen LogP contribution in [0.1, 0.15) is 12.8 Å². The largest absolute Gasteiger partial charge is 0.324 e. The second-order valence-corrected chi connectivity index (χ2v) is 9.30. The number of hydrogen-bond donors (Lipinski definition) is 1. The Morgan fingerprint density at radius 2 is 2.00 bits per heavy atom. The molecule has 30 heavy (non-hydrogen) atoms. The maximum absolute atomic E-state index is 12.8. The molecule has 1 saturated heterocycles. The van der Waals surface area contributed by atoms with Gasteiger partial charge < -0.3 is 5.32 Å². The van der Waals surface area contributed by atoms with E-state index in [0.717, 1.165) is 17.4 Å². The van der Waals surface area contributed by atoms with Gasteiger partial charge in [0.05, 0.1) is 11.2 Å². The van der Waals surface area contributed by atoms with Crippen molar-refractivity contribution in [3.05, 3.63) is 46.1 Å². The highest BCUT2D eigenvalue weighted by Gasteiger charge is 2.29. The van der Waals surface area contributed by atoms with Crippen LogP contribution >= 0.6 is 11.6 Å². The first-order valence-corrected chi connectivity index (χ1v) is 11.1. The fraction of sp³-hybridized carbons (Fsp3) is 0.333. The van der Waals surface area contributed by atoms with Crippen LogP contribution in [0.25, 0.3) is 11.0 Å². The summed E-state index contributed by atoms with van der Waals surface area (Å²) < 4.78 is 29.7. The molecule has 0 radical (unpaired) electrons. The highest BCUT2D eigenvalue weighted by Crippen LogP contribution is 2.29. The van der Waals surface area contributed by atoms with Crippen molar-refractivity contribution in [3.8, 4) is 0 Å². The number of fused-ring (bicyclic) bond motifs is 1. The average molecular weight is 451 g/mol. The number of nitrogens with one attached hydrogen (secondary N) is 1.